The standard InChI is InChI=1S/C14H23N3/c1-17(2)11-13(12-6-9-15-10-7-12)14-5-3-4-8-16-14/h3-5,8,12-13,15H,6-7,9-11H2,1-2H3. The zero-order valence-corrected chi connectivity index (χ0v) is 10.9. The van der Waals surface area contributed by atoms with E-state index in [0.717, 1.165) is 25.6 Å². The summed E-state index contributed by atoms with van der Waals surface area (Å²) in [6.07, 6.45) is 4.46. The van der Waals surface area contributed by atoms with Gasteiger partial charge in [-0.05, 0) is 58.1 Å². The van der Waals surface area contributed by atoms with Gasteiger partial charge < -0.3 is 10.2 Å². The maximum atomic E-state index is 4.56. The van der Waals surface area contributed by atoms with Crippen molar-refractivity contribution in [3.63, 3.8) is 0 Å². The second kappa shape index (κ2) is 6.12. The van der Waals surface area contributed by atoms with Crippen LogP contribution in [0.1, 0.15) is 24.5 Å². The minimum Gasteiger partial charge on any atom is -0.317 e. The van der Waals surface area contributed by atoms with Crippen molar-refractivity contribution in [3.8, 4) is 0 Å². The zero-order chi connectivity index (χ0) is 12.1. The van der Waals surface area contributed by atoms with Gasteiger partial charge in [-0.25, -0.2) is 0 Å². The molecule has 0 amide bonds. The number of likely N-dealkylation sites (N-methyl/N-ethyl adjacent to an activating group) is 1. The summed E-state index contributed by atoms with van der Waals surface area (Å²) in [5.41, 5.74) is 1.26. The molecule has 0 aromatic carbocycles. The molecule has 2 heterocycles. The number of rotatable bonds is 4. The highest BCUT2D eigenvalue weighted by Crippen LogP contribution is 2.30. The molecule has 0 spiro atoms. The van der Waals surface area contributed by atoms with E-state index in [1.165, 1.54) is 18.5 Å². The molecular weight excluding hydrogens is 210 g/mol. The molecule has 1 aliphatic heterocycles. The van der Waals surface area contributed by atoms with Crippen molar-refractivity contribution in [3.05, 3.63) is 30.1 Å². The highest BCUT2D eigenvalue weighted by molar-refractivity contribution is 5.12. The lowest BCUT2D eigenvalue weighted by molar-refractivity contribution is 0.258. The molecule has 0 bridgehead atoms. The number of hydrogen-bond donors (Lipinski definition) is 1. The summed E-state index contributed by atoms with van der Waals surface area (Å²) in [5, 5.41) is 3.44. The molecule has 1 aromatic rings. The molecule has 1 N–H and O–H groups in total. The molecule has 94 valence electrons. The summed E-state index contributed by atoms with van der Waals surface area (Å²) in [4.78, 5) is 6.84. The van der Waals surface area contributed by atoms with Crippen LogP contribution in [0.4, 0.5) is 0 Å². The Labute approximate surface area is 104 Å². The highest BCUT2D eigenvalue weighted by atomic mass is 15.1. The van der Waals surface area contributed by atoms with Gasteiger partial charge in [0.15, 0.2) is 0 Å². The number of nitrogens with zero attached hydrogens (tertiary/aromatic N) is 2. The number of piperidine rings is 1. The largest absolute Gasteiger partial charge is 0.317 e. The Morgan fingerprint density at radius 1 is 1.35 bits per heavy atom. The van der Waals surface area contributed by atoms with E-state index < -0.39 is 0 Å². The quantitative estimate of drug-likeness (QED) is 0.858. The minimum absolute atomic E-state index is 0.577. The van der Waals surface area contributed by atoms with Gasteiger partial charge in [0, 0.05) is 24.4 Å². The Kier molecular flexibility index (Phi) is 4.51. The summed E-state index contributed by atoms with van der Waals surface area (Å²) in [5.74, 6) is 1.35. The molecule has 2 rings (SSSR count). The van der Waals surface area contributed by atoms with Crippen molar-refractivity contribution in [1.82, 2.24) is 15.2 Å². The fraction of sp³-hybridized carbons (Fsp3) is 0.643. The van der Waals surface area contributed by atoms with Gasteiger partial charge in [-0.2, -0.15) is 0 Å². The lowest BCUT2D eigenvalue weighted by Gasteiger charge is -2.32. The van der Waals surface area contributed by atoms with Gasteiger partial charge in [0.2, 0.25) is 0 Å². The first kappa shape index (κ1) is 12.5. The van der Waals surface area contributed by atoms with E-state index in [9.17, 15) is 0 Å². The van der Waals surface area contributed by atoms with Gasteiger partial charge in [-0.15, -0.1) is 0 Å². The molecule has 0 aliphatic carbocycles. The SMILES string of the molecule is CN(C)CC(c1ccccn1)C1CCNCC1. The molecule has 1 atom stereocenters. The van der Waals surface area contributed by atoms with E-state index >= 15 is 0 Å². The normalized spacial score (nSPS) is 19.5. The summed E-state index contributed by atoms with van der Waals surface area (Å²) >= 11 is 0. The molecule has 3 nitrogen and oxygen atoms in total. The topological polar surface area (TPSA) is 28.2 Å². The lowest BCUT2D eigenvalue weighted by atomic mass is 9.82. The van der Waals surface area contributed by atoms with Gasteiger partial charge in [0.1, 0.15) is 0 Å². The number of hydrogen-bond acceptors (Lipinski definition) is 3. The minimum atomic E-state index is 0.577. The van der Waals surface area contributed by atoms with Crippen molar-refractivity contribution in [2.45, 2.75) is 18.8 Å². The van der Waals surface area contributed by atoms with Crippen molar-refractivity contribution < 1.29 is 0 Å². The van der Waals surface area contributed by atoms with Gasteiger partial charge in [-0.3, -0.25) is 4.98 Å². The van der Waals surface area contributed by atoms with Gasteiger partial charge in [-0.1, -0.05) is 6.07 Å². The molecule has 0 saturated carbocycles. The van der Waals surface area contributed by atoms with Crippen molar-refractivity contribution in [1.29, 1.82) is 0 Å². The Bertz CT molecular complexity index is 317. The number of pyridine rings is 1. The molecule has 3 heteroatoms. The molecule has 1 unspecified atom stereocenters. The zero-order valence-electron chi connectivity index (χ0n) is 10.9. The van der Waals surface area contributed by atoms with Crippen LogP contribution in [0.15, 0.2) is 24.4 Å². The highest BCUT2D eigenvalue weighted by Gasteiger charge is 2.26. The molecule has 1 saturated heterocycles. The van der Waals surface area contributed by atoms with Crippen molar-refractivity contribution in [2.75, 3.05) is 33.7 Å². The van der Waals surface area contributed by atoms with E-state index in [0.29, 0.717) is 5.92 Å². The second-order valence-corrected chi connectivity index (χ2v) is 5.21. The Morgan fingerprint density at radius 2 is 2.12 bits per heavy atom. The van der Waals surface area contributed by atoms with Gasteiger partial charge in [0.05, 0.1) is 0 Å². The predicted molar refractivity (Wildman–Crippen MR) is 71.1 cm³/mol. The van der Waals surface area contributed by atoms with E-state index in [2.05, 4.69) is 41.4 Å². The third kappa shape index (κ3) is 3.51. The van der Waals surface area contributed by atoms with Crippen LogP contribution in [0.5, 0.6) is 0 Å². The fourth-order valence-electron chi connectivity index (χ4n) is 2.72. The van der Waals surface area contributed by atoms with Crippen LogP contribution in [0, 0.1) is 5.92 Å². The average Bonchev–Trinajstić information content (AvgIpc) is 2.38. The van der Waals surface area contributed by atoms with E-state index in [1.54, 1.807) is 0 Å². The third-order valence-corrected chi connectivity index (χ3v) is 3.58. The van der Waals surface area contributed by atoms with Crippen LogP contribution in [0.3, 0.4) is 0 Å². The summed E-state index contributed by atoms with van der Waals surface area (Å²) in [6, 6.07) is 6.28. The van der Waals surface area contributed by atoms with Gasteiger partial charge in [0.25, 0.3) is 0 Å². The molecule has 17 heavy (non-hydrogen) atoms. The Balaban J connectivity index is 2.12. The van der Waals surface area contributed by atoms with Crippen LogP contribution in [-0.2, 0) is 0 Å². The van der Waals surface area contributed by atoms with Crippen LogP contribution >= 0.6 is 0 Å². The third-order valence-electron chi connectivity index (χ3n) is 3.58. The summed E-state index contributed by atoms with van der Waals surface area (Å²) in [7, 11) is 4.30. The smallest absolute Gasteiger partial charge is 0.0450 e. The average molecular weight is 233 g/mol. The summed E-state index contributed by atoms with van der Waals surface area (Å²) < 4.78 is 0. The second-order valence-electron chi connectivity index (χ2n) is 5.21. The Hall–Kier alpha value is -0.930. The lowest BCUT2D eigenvalue weighted by Crippen LogP contribution is -2.34. The summed E-state index contributed by atoms with van der Waals surface area (Å²) in [6.45, 7) is 3.41. The molecule has 1 aliphatic rings. The van der Waals surface area contributed by atoms with E-state index in [1.807, 2.05) is 12.3 Å². The maximum absolute atomic E-state index is 4.56. The monoisotopic (exact) mass is 233 g/mol. The predicted octanol–water partition coefficient (Wildman–Crippen LogP) is 1.73. The first-order chi connectivity index (χ1) is 8.27. The Morgan fingerprint density at radius 3 is 2.71 bits per heavy atom. The maximum Gasteiger partial charge on any atom is 0.0450 e. The first-order valence-corrected chi connectivity index (χ1v) is 6.53. The van der Waals surface area contributed by atoms with Crippen LogP contribution in [0.2, 0.25) is 0 Å². The molecule has 1 fully saturated rings. The van der Waals surface area contributed by atoms with Crippen LogP contribution < -0.4 is 5.32 Å². The first-order valence-electron chi connectivity index (χ1n) is 6.53. The van der Waals surface area contributed by atoms with E-state index in [-0.39, 0.29) is 0 Å². The fourth-order valence-corrected chi connectivity index (χ4v) is 2.72. The van der Waals surface area contributed by atoms with Gasteiger partial charge >= 0.3 is 0 Å². The molecule has 0 radical (unpaired) electrons. The molecular formula is C14H23N3. The van der Waals surface area contributed by atoms with Crippen LogP contribution in [-0.4, -0.2) is 43.6 Å². The van der Waals surface area contributed by atoms with Crippen molar-refractivity contribution in [2.24, 2.45) is 5.92 Å². The van der Waals surface area contributed by atoms with E-state index in [4.69, 9.17) is 0 Å². The van der Waals surface area contributed by atoms with Crippen LogP contribution in [0.25, 0.3) is 0 Å². The number of aromatic nitrogens is 1. The number of nitrogens with one attached hydrogen (secondary N) is 1. The van der Waals surface area contributed by atoms with Crippen molar-refractivity contribution >= 4 is 0 Å². The molecule has 1 aromatic heterocycles.